The lowest BCUT2D eigenvalue weighted by Gasteiger charge is -2.19. The van der Waals surface area contributed by atoms with E-state index in [-0.39, 0.29) is 0 Å². The van der Waals surface area contributed by atoms with E-state index in [0.717, 1.165) is 36.0 Å². The second-order valence-electron chi connectivity index (χ2n) is 8.24. The summed E-state index contributed by atoms with van der Waals surface area (Å²) >= 11 is 0. The van der Waals surface area contributed by atoms with Crippen molar-refractivity contribution in [2.45, 2.75) is 46.3 Å². The smallest absolute Gasteiger partial charge is 0.412 e. The van der Waals surface area contributed by atoms with E-state index in [4.69, 9.17) is 4.74 Å². The summed E-state index contributed by atoms with van der Waals surface area (Å²) in [4.78, 5) is 16.5. The molecule has 3 aromatic rings. The average molecular weight is 438 g/mol. The number of pyridine rings is 1. The van der Waals surface area contributed by atoms with Crippen molar-refractivity contribution in [3.05, 3.63) is 60.0 Å². The van der Waals surface area contributed by atoms with Gasteiger partial charge in [0.05, 0.1) is 0 Å². The fourth-order valence-electron chi connectivity index (χ4n) is 2.99. The molecule has 3 rings (SSSR count). The standard InChI is InChI=1S/C23H31N7O2/c1-5-24-21(26-16-20-29-28-19-8-6-7-15-30(19)20)25-14-13-17-9-11-18(12-10-17)27-22(31)32-23(2,3)4/h6-12,15H,5,13-14,16H2,1-4H3,(H,27,31)(H2,24,25,26). The molecule has 0 aliphatic carbocycles. The number of carbonyl (C=O) groups excluding carboxylic acids is 1. The summed E-state index contributed by atoms with van der Waals surface area (Å²) < 4.78 is 7.20. The van der Waals surface area contributed by atoms with Crippen molar-refractivity contribution in [2.24, 2.45) is 4.99 Å². The molecular weight excluding hydrogens is 406 g/mol. The van der Waals surface area contributed by atoms with Crippen LogP contribution >= 0.6 is 0 Å². The molecule has 0 saturated carbocycles. The fourth-order valence-corrected chi connectivity index (χ4v) is 2.99. The van der Waals surface area contributed by atoms with Crippen molar-refractivity contribution in [3.8, 4) is 0 Å². The number of rotatable bonds is 7. The van der Waals surface area contributed by atoms with Crippen LogP contribution in [0.2, 0.25) is 0 Å². The third kappa shape index (κ3) is 6.97. The van der Waals surface area contributed by atoms with Gasteiger partial charge in [0.1, 0.15) is 12.1 Å². The first-order chi connectivity index (χ1) is 15.3. The molecule has 9 heteroatoms. The van der Waals surface area contributed by atoms with Gasteiger partial charge in [0, 0.05) is 25.0 Å². The van der Waals surface area contributed by atoms with Gasteiger partial charge >= 0.3 is 6.09 Å². The summed E-state index contributed by atoms with van der Waals surface area (Å²) in [6, 6.07) is 13.5. The Morgan fingerprint density at radius 3 is 2.59 bits per heavy atom. The minimum absolute atomic E-state index is 0.422. The van der Waals surface area contributed by atoms with Gasteiger partial charge in [0.25, 0.3) is 0 Å². The van der Waals surface area contributed by atoms with E-state index in [1.54, 1.807) is 0 Å². The maximum absolute atomic E-state index is 11.9. The number of guanidine groups is 1. The van der Waals surface area contributed by atoms with Crippen molar-refractivity contribution in [1.82, 2.24) is 25.2 Å². The molecule has 32 heavy (non-hydrogen) atoms. The molecule has 0 unspecified atom stereocenters. The summed E-state index contributed by atoms with van der Waals surface area (Å²) in [6.45, 7) is 9.43. The van der Waals surface area contributed by atoms with Crippen LogP contribution in [0.3, 0.4) is 0 Å². The molecule has 0 radical (unpaired) electrons. The van der Waals surface area contributed by atoms with Gasteiger partial charge in [-0.3, -0.25) is 9.72 Å². The maximum atomic E-state index is 11.9. The topological polar surface area (TPSA) is 105 Å². The molecule has 0 aliphatic rings. The Bertz CT molecular complexity index is 1050. The van der Waals surface area contributed by atoms with Crippen LogP contribution < -0.4 is 16.0 Å². The van der Waals surface area contributed by atoms with E-state index in [1.165, 1.54) is 0 Å². The molecule has 9 nitrogen and oxygen atoms in total. The predicted molar refractivity (Wildman–Crippen MR) is 126 cm³/mol. The Morgan fingerprint density at radius 2 is 1.88 bits per heavy atom. The highest BCUT2D eigenvalue weighted by Crippen LogP contribution is 2.13. The third-order valence-electron chi connectivity index (χ3n) is 4.41. The first-order valence-electron chi connectivity index (χ1n) is 10.7. The number of aromatic nitrogens is 3. The number of amides is 1. The Hall–Kier alpha value is -3.62. The number of hydrogen-bond acceptors (Lipinski definition) is 5. The van der Waals surface area contributed by atoms with Gasteiger partial charge in [-0.25, -0.2) is 9.79 Å². The van der Waals surface area contributed by atoms with Gasteiger partial charge in [-0.15, -0.1) is 10.2 Å². The van der Waals surface area contributed by atoms with Crippen molar-refractivity contribution < 1.29 is 9.53 Å². The molecule has 0 aliphatic heterocycles. The zero-order valence-electron chi connectivity index (χ0n) is 19.1. The number of hydrogen-bond donors (Lipinski definition) is 3. The van der Waals surface area contributed by atoms with Gasteiger partial charge in [-0.05, 0) is 63.9 Å². The molecule has 2 heterocycles. The van der Waals surface area contributed by atoms with Gasteiger partial charge in [-0.2, -0.15) is 0 Å². The maximum Gasteiger partial charge on any atom is 0.412 e. The Labute approximate surface area is 188 Å². The summed E-state index contributed by atoms with van der Waals surface area (Å²) in [5.41, 5.74) is 2.13. The van der Waals surface area contributed by atoms with Crippen LogP contribution in [0.15, 0.2) is 53.7 Å². The van der Waals surface area contributed by atoms with Crippen molar-refractivity contribution in [2.75, 3.05) is 18.4 Å². The minimum atomic E-state index is -0.525. The summed E-state index contributed by atoms with van der Waals surface area (Å²) in [5.74, 6) is 1.51. The second-order valence-corrected chi connectivity index (χ2v) is 8.24. The molecule has 0 saturated heterocycles. The van der Waals surface area contributed by atoms with Gasteiger partial charge in [-0.1, -0.05) is 18.2 Å². The largest absolute Gasteiger partial charge is 0.444 e. The molecular formula is C23H31N7O2. The number of carbonyl (C=O) groups is 1. The number of nitrogens with zero attached hydrogens (tertiary/aromatic N) is 4. The van der Waals surface area contributed by atoms with E-state index in [0.29, 0.717) is 18.8 Å². The summed E-state index contributed by atoms with van der Waals surface area (Å²) in [7, 11) is 0. The fraction of sp³-hybridized carbons (Fsp3) is 0.391. The first-order valence-corrected chi connectivity index (χ1v) is 10.7. The number of anilines is 1. The SMILES string of the molecule is CCNC(=NCc1nnc2ccccn12)NCCc1ccc(NC(=O)OC(C)(C)C)cc1. The Kier molecular flexibility index (Phi) is 7.64. The first kappa shape index (κ1) is 23.1. The highest BCUT2D eigenvalue weighted by molar-refractivity contribution is 5.84. The lowest BCUT2D eigenvalue weighted by Crippen LogP contribution is -2.38. The van der Waals surface area contributed by atoms with Crippen LogP contribution in [-0.2, 0) is 17.7 Å². The average Bonchev–Trinajstić information content (AvgIpc) is 3.15. The van der Waals surface area contributed by atoms with E-state index in [1.807, 2.05) is 80.8 Å². The van der Waals surface area contributed by atoms with Crippen molar-refractivity contribution >= 4 is 23.4 Å². The van der Waals surface area contributed by atoms with Gasteiger partial charge in [0.2, 0.25) is 0 Å². The monoisotopic (exact) mass is 437 g/mol. The molecule has 170 valence electrons. The summed E-state index contributed by atoms with van der Waals surface area (Å²) in [6.07, 6.45) is 2.28. The van der Waals surface area contributed by atoms with E-state index in [9.17, 15) is 4.79 Å². The predicted octanol–water partition coefficient (Wildman–Crippen LogP) is 3.37. The minimum Gasteiger partial charge on any atom is -0.444 e. The molecule has 0 spiro atoms. The summed E-state index contributed by atoms with van der Waals surface area (Å²) in [5, 5.41) is 17.7. The molecule has 1 amide bonds. The molecule has 2 aromatic heterocycles. The lowest BCUT2D eigenvalue weighted by atomic mass is 10.1. The molecule has 0 bridgehead atoms. The highest BCUT2D eigenvalue weighted by Gasteiger charge is 2.16. The normalized spacial score (nSPS) is 11.9. The zero-order chi connectivity index (χ0) is 23.0. The van der Waals surface area contributed by atoms with Crippen LogP contribution in [0.1, 0.15) is 39.1 Å². The lowest BCUT2D eigenvalue weighted by molar-refractivity contribution is 0.0636. The van der Waals surface area contributed by atoms with Gasteiger partial charge in [0.15, 0.2) is 17.4 Å². The van der Waals surface area contributed by atoms with Crippen LogP contribution in [0, 0.1) is 0 Å². The zero-order valence-corrected chi connectivity index (χ0v) is 19.1. The van der Waals surface area contributed by atoms with Crippen LogP contribution in [0.5, 0.6) is 0 Å². The number of aliphatic imine (C=N–C) groups is 1. The van der Waals surface area contributed by atoms with E-state index >= 15 is 0 Å². The highest BCUT2D eigenvalue weighted by atomic mass is 16.6. The second kappa shape index (κ2) is 10.6. The quantitative estimate of drug-likeness (QED) is 0.387. The molecule has 0 atom stereocenters. The number of nitrogens with one attached hydrogen (secondary N) is 3. The number of ether oxygens (including phenoxy) is 1. The van der Waals surface area contributed by atoms with Crippen LogP contribution in [-0.4, -0.2) is 45.3 Å². The number of benzene rings is 1. The Balaban J connectivity index is 1.50. The molecule has 3 N–H and O–H groups in total. The van der Waals surface area contributed by atoms with Crippen molar-refractivity contribution in [3.63, 3.8) is 0 Å². The molecule has 0 fully saturated rings. The number of fused-ring (bicyclic) bond motifs is 1. The van der Waals surface area contributed by atoms with Gasteiger partial charge < -0.3 is 15.4 Å². The van der Waals surface area contributed by atoms with E-state index < -0.39 is 11.7 Å². The van der Waals surface area contributed by atoms with Crippen molar-refractivity contribution in [1.29, 1.82) is 0 Å². The Morgan fingerprint density at radius 1 is 1.09 bits per heavy atom. The van der Waals surface area contributed by atoms with Crippen LogP contribution in [0.4, 0.5) is 10.5 Å². The third-order valence-corrected chi connectivity index (χ3v) is 4.41. The molecule has 1 aromatic carbocycles. The van der Waals surface area contributed by atoms with Crippen LogP contribution in [0.25, 0.3) is 5.65 Å². The van der Waals surface area contributed by atoms with E-state index in [2.05, 4.69) is 31.1 Å².